The standard InChI is InChI=1S/C15H24N2O/c1-11-6-8-13(9-7-11)17-14(18)10-16-12(2)15(3,4)5/h6-9,12,16H,10H2,1-5H3,(H,17,18). The molecule has 0 aliphatic rings. The van der Waals surface area contributed by atoms with E-state index in [-0.39, 0.29) is 11.3 Å². The van der Waals surface area contributed by atoms with Crippen LogP contribution in [-0.4, -0.2) is 18.5 Å². The van der Waals surface area contributed by atoms with Gasteiger partial charge in [0.2, 0.25) is 5.91 Å². The number of rotatable bonds is 4. The summed E-state index contributed by atoms with van der Waals surface area (Å²) in [7, 11) is 0. The van der Waals surface area contributed by atoms with E-state index in [0.717, 1.165) is 5.69 Å². The van der Waals surface area contributed by atoms with E-state index in [0.29, 0.717) is 12.6 Å². The van der Waals surface area contributed by atoms with Gasteiger partial charge in [0, 0.05) is 11.7 Å². The van der Waals surface area contributed by atoms with Crippen molar-refractivity contribution in [3.05, 3.63) is 29.8 Å². The predicted molar refractivity (Wildman–Crippen MR) is 76.7 cm³/mol. The molecule has 1 rings (SSSR count). The molecule has 0 aliphatic heterocycles. The average molecular weight is 248 g/mol. The van der Waals surface area contributed by atoms with Crippen molar-refractivity contribution in [1.29, 1.82) is 0 Å². The van der Waals surface area contributed by atoms with Gasteiger partial charge in [0.25, 0.3) is 0 Å². The third kappa shape index (κ3) is 4.88. The fraction of sp³-hybridized carbons (Fsp3) is 0.533. The van der Waals surface area contributed by atoms with Crippen LogP contribution >= 0.6 is 0 Å². The lowest BCUT2D eigenvalue weighted by Gasteiger charge is -2.27. The number of aryl methyl sites for hydroxylation is 1. The Morgan fingerprint density at radius 3 is 2.28 bits per heavy atom. The van der Waals surface area contributed by atoms with Gasteiger partial charge >= 0.3 is 0 Å². The van der Waals surface area contributed by atoms with Crippen molar-refractivity contribution in [2.24, 2.45) is 5.41 Å². The van der Waals surface area contributed by atoms with Crippen LogP contribution in [0.25, 0.3) is 0 Å². The third-order valence-electron chi connectivity index (χ3n) is 3.20. The van der Waals surface area contributed by atoms with E-state index in [1.807, 2.05) is 31.2 Å². The molecule has 3 heteroatoms. The SMILES string of the molecule is Cc1ccc(NC(=O)CNC(C)C(C)(C)C)cc1. The van der Waals surface area contributed by atoms with E-state index >= 15 is 0 Å². The number of hydrogen-bond donors (Lipinski definition) is 2. The van der Waals surface area contributed by atoms with Crippen LogP contribution in [0, 0.1) is 12.3 Å². The number of anilines is 1. The van der Waals surface area contributed by atoms with Gasteiger partial charge in [-0.15, -0.1) is 0 Å². The van der Waals surface area contributed by atoms with Crippen molar-refractivity contribution in [1.82, 2.24) is 5.32 Å². The number of carbonyl (C=O) groups excluding carboxylic acids is 1. The van der Waals surface area contributed by atoms with E-state index in [4.69, 9.17) is 0 Å². The van der Waals surface area contributed by atoms with E-state index in [1.54, 1.807) is 0 Å². The highest BCUT2D eigenvalue weighted by molar-refractivity contribution is 5.92. The molecule has 1 atom stereocenters. The zero-order chi connectivity index (χ0) is 13.8. The third-order valence-corrected chi connectivity index (χ3v) is 3.20. The highest BCUT2D eigenvalue weighted by Crippen LogP contribution is 2.18. The maximum absolute atomic E-state index is 11.8. The summed E-state index contributed by atoms with van der Waals surface area (Å²) in [6, 6.07) is 8.10. The summed E-state index contributed by atoms with van der Waals surface area (Å²) in [5.74, 6) is -0.00467. The Labute approximate surface area is 110 Å². The Hall–Kier alpha value is -1.35. The van der Waals surface area contributed by atoms with Gasteiger partial charge in [0.15, 0.2) is 0 Å². The molecule has 0 saturated carbocycles. The molecule has 2 N–H and O–H groups in total. The second kappa shape index (κ2) is 6.01. The summed E-state index contributed by atoms with van der Waals surface area (Å²) in [6.45, 7) is 10.9. The second-order valence-corrected chi connectivity index (χ2v) is 5.88. The quantitative estimate of drug-likeness (QED) is 0.860. The van der Waals surface area contributed by atoms with Gasteiger partial charge in [-0.2, -0.15) is 0 Å². The van der Waals surface area contributed by atoms with Crippen molar-refractivity contribution in [3.8, 4) is 0 Å². The first-order valence-electron chi connectivity index (χ1n) is 6.39. The molecule has 0 heterocycles. The molecule has 0 aliphatic carbocycles. The van der Waals surface area contributed by atoms with Crippen LogP contribution < -0.4 is 10.6 Å². The summed E-state index contributed by atoms with van der Waals surface area (Å²) in [5, 5.41) is 6.12. The zero-order valence-corrected chi connectivity index (χ0v) is 12.0. The van der Waals surface area contributed by atoms with Crippen LogP contribution in [0.5, 0.6) is 0 Å². The Bertz CT molecular complexity index is 390. The predicted octanol–water partition coefficient (Wildman–Crippen LogP) is 2.96. The minimum absolute atomic E-state index is 0.00467. The summed E-state index contributed by atoms with van der Waals surface area (Å²) in [6.07, 6.45) is 0. The molecule has 100 valence electrons. The highest BCUT2D eigenvalue weighted by atomic mass is 16.1. The van der Waals surface area contributed by atoms with Crippen LogP contribution in [-0.2, 0) is 4.79 Å². The van der Waals surface area contributed by atoms with E-state index in [1.165, 1.54) is 5.56 Å². The monoisotopic (exact) mass is 248 g/mol. The number of benzene rings is 1. The van der Waals surface area contributed by atoms with Gasteiger partial charge in [0.05, 0.1) is 6.54 Å². The number of amides is 1. The normalized spacial score (nSPS) is 13.2. The van der Waals surface area contributed by atoms with Crippen LogP contribution in [0.3, 0.4) is 0 Å². The van der Waals surface area contributed by atoms with Crippen molar-refractivity contribution in [2.75, 3.05) is 11.9 Å². The fourth-order valence-corrected chi connectivity index (χ4v) is 1.39. The molecule has 1 aromatic carbocycles. The van der Waals surface area contributed by atoms with E-state index < -0.39 is 0 Å². The lowest BCUT2D eigenvalue weighted by atomic mass is 9.88. The van der Waals surface area contributed by atoms with Crippen molar-refractivity contribution in [3.63, 3.8) is 0 Å². The van der Waals surface area contributed by atoms with Crippen LogP contribution in [0.15, 0.2) is 24.3 Å². The number of carbonyl (C=O) groups is 1. The lowest BCUT2D eigenvalue weighted by molar-refractivity contribution is -0.115. The Balaban J connectivity index is 2.41. The fourth-order valence-electron chi connectivity index (χ4n) is 1.39. The molecule has 0 fully saturated rings. The molecule has 1 aromatic rings. The summed E-state index contributed by atoms with van der Waals surface area (Å²) in [5.41, 5.74) is 2.19. The van der Waals surface area contributed by atoms with E-state index in [9.17, 15) is 4.79 Å². The number of hydrogen-bond acceptors (Lipinski definition) is 2. The molecule has 1 unspecified atom stereocenters. The van der Waals surface area contributed by atoms with Gasteiger partial charge in [-0.05, 0) is 31.4 Å². The van der Waals surface area contributed by atoms with Crippen molar-refractivity contribution < 1.29 is 4.79 Å². The molecular weight excluding hydrogens is 224 g/mol. The highest BCUT2D eigenvalue weighted by Gasteiger charge is 2.19. The molecule has 0 aromatic heterocycles. The minimum Gasteiger partial charge on any atom is -0.325 e. The smallest absolute Gasteiger partial charge is 0.238 e. The molecule has 18 heavy (non-hydrogen) atoms. The van der Waals surface area contributed by atoms with Crippen molar-refractivity contribution >= 4 is 11.6 Å². The van der Waals surface area contributed by atoms with Crippen LogP contribution in [0.1, 0.15) is 33.3 Å². The molecule has 0 saturated heterocycles. The zero-order valence-electron chi connectivity index (χ0n) is 12.0. The van der Waals surface area contributed by atoms with Gasteiger partial charge in [-0.1, -0.05) is 38.5 Å². The number of nitrogens with one attached hydrogen (secondary N) is 2. The summed E-state index contributed by atoms with van der Waals surface area (Å²) in [4.78, 5) is 11.8. The van der Waals surface area contributed by atoms with Gasteiger partial charge in [-0.3, -0.25) is 4.79 Å². The van der Waals surface area contributed by atoms with Crippen LogP contribution in [0.2, 0.25) is 0 Å². The first-order chi connectivity index (χ1) is 8.29. The maximum atomic E-state index is 11.8. The molecule has 0 bridgehead atoms. The maximum Gasteiger partial charge on any atom is 0.238 e. The van der Waals surface area contributed by atoms with Gasteiger partial charge in [0.1, 0.15) is 0 Å². The largest absolute Gasteiger partial charge is 0.325 e. The molecule has 0 spiro atoms. The second-order valence-electron chi connectivity index (χ2n) is 5.88. The minimum atomic E-state index is -0.00467. The van der Waals surface area contributed by atoms with Gasteiger partial charge < -0.3 is 10.6 Å². The van der Waals surface area contributed by atoms with Gasteiger partial charge in [-0.25, -0.2) is 0 Å². The summed E-state index contributed by atoms with van der Waals surface area (Å²) < 4.78 is 0. The van der Waals surface area contributed by atoms with Crippen LogP contribution in [0.4, 0.5) is 5.69 Å². The lowest BCUT2D eigenvalue weighted by Crippen LogP contribution is -2.41. The first kappa shape index (κ1) is 14.7. The Kier molecular flexibility index (Phi) is 4.91. The van der Waals surface area contributed by atoms with Crippen molar-refractivity contribution in [2.45, 2.75) is 40.7 Å². The molecular formula is C15H24N2O. The molecule has 3 nitrogen and oxygen atoms in total. The first-order valence-corrected chi connectivity index (χ1v) is 6.39. The van der Waals surface area contributed by atoms with E-state index in [2.05, 4.69) is 38.3 Å². The Morgan fingerprint density at radius 2 is 1.78 bits per heavy atom. The molecule has 0 radical (unpaired) electrons. The topological polar surface area (TPSA) is 41.1 Å². The Morgan fingerprint density at radius 1 is 1.22 bits per heavy atom. The molecule has 1 amide bonds. The summed E-state index contributed by atoms with van der Waals surface area (Å²) >= 11 is 0. The average Bonchev–Trinajstić information content (AvgIpc) is 2.28.